The Kier molecular flexibility index (Phi) is 2.82. The van der Waals surface area contributed by atoms with Crippen LogP contribution in [0, 0.1) is 12.8 Å². The summed E-state index contributed by atoms with van der Waals surface area (Å²) in [6.07, 6.45) is 4.54. The fourth-order valence-corrected chi connectivity index (χ4v) is 2.01. The van der Waals surface area contributed by atoms with Crippen molar-refractivity contribution in [2.45, 2.75) is 39.3 Å². The minimum Gasteiger partial charge on any atom is -0.308 e. The molecule has 0 saturated heterocycles. The third kappa shape index (κ3) is 2.32. The minimum atomic E-state index is 0.729. The lowest BCUT2D eigenvalue weighted by atomic mass is 9.82. The molecule has 2 rings (SSSR count). The Labute approximate surface area is 85.7 Å². The van der Waals surface area contributed by atoms with Crippen LogP contribution in [0.2, 0.25) is 0 Å². The first-order valence-electron chi connectivity index (χ1n) is 5.39. The molecule has 0 atom stereocenters. The van der Waals surface area contributed by atoms with Crippen LogP contribution in [0.3, 0.4) is 0 Å². The van der Waals surface area contributed by atoms with Crippen molar-refractivity contribution in [1.29, 1.82) is 0 Å². The van der Waals surface area contributed by atoms with Crippen LogP contribution in [0.5, 0.6) is 0 Å². The van der Waals surface area contributed by atoms with Crippen molar-refractivity contribution in [3.05, 3.63) is 29.6 Å². The molecule has 1 heterocycles. The van der Waals surface area contributed by atoms with Gasteiger partial charge >= 0.3 is 0 Å². The van der Waals surface area contributed by atoms with Gasteiger partial charge in [0.1, 0.15) is 0 Å². The zero-order chi connectivity index (χ0) is 9.97. The minimum absolute atomic E-state index is 0.729. The summed E-state index contributed by atoms with van der Waals surface area (Å²) in [4.78, 5) is 4.33. The Bertz CT molecular complexity index is 303. The van der Waals surface area contributed by atoms with Gasteiger partial charge in [0.05, 0.1) is 5.69 Å². The number of hydrogen-bond acceptors (Lipinski definition) is 2. The summed E-state index contributed by atoms with van der Waals surface area (Å²) in [5.41, 5.74) is 2.45. The molecule has 0 unspecified atom stereocenters. The number of aromatic nitrogens is 1. The maximum absolute atomic E-state index is 4.33. The number of pyridine rings is 1. The van der Waals surface area contributed by atoms with Gasteiger partial charge in [-0.2, -0.15) is 0 Å². The first-order valence-corrected chi connectivity index (χ1v) is 5.39. The van der Waals surface area contributed by atoms with Crippen molar-refractivity contribution >= 4 is 0 Å². The predicted octanol–water partition coefficient (Wildman–Crippen LogP) is 2.28. The molecule has 2 heteroatoms. The van der Waals surface area contributed by atoms with Crippen LogP contribution in [-0.2, 0) is 6.54 Å². The maximum atomic E-state index is 4.33. The fraction of sp³-hybridized carbons (Fsp3) is 0.583. The summed E-state index contributed by atoms with van der Waals surface area (Å²) >= 11 is 0. The van der Waals surface area contributed by atoms with E-state index < -0.39 is 0 Å². The van der Waals surface area contributed by atoms with Crippen LogP contribution < -0.4 is 5.32 Å². The number of nitrogens with one attached hydrogen (secondary N) is 1. The van der Waals surface area contributed by atoms with Gasteiger partial charge in [-0.1, -0.05) is 6.92 Å². The van der Waals surface area contributed by atoms with Crippen LogP contribution >= 0.6 is 0 Å². The van der Waals surface area contributed by atoms with E-state index in [4.69, 9.17) is 0 Å². The van der Waals surface area contributed by atoms with Crippen molar-refractivity contribution in [3.8, 4) is 0 Å². The summed E-state index contributed by atoms with van der Waals surface area (Å²) in [6.45, 7) is 5.33. The van der Waals surface area contributed by atoms with Crippen LogP contribution in [0.25, 0.3) is 0 Å². The Morgan fingerprint density at radius 2 is 2.29 bits per heavy atom. The van der Waals surface area contributed by atoms with Crippen LogP contribution in [0.1, 0.15) is 31.0 Å². The van der Waals surface area contributed by atoms with E-state index in [1.54, 1.807) is 0 Å². The average molecular weight is 190 g/mol. The van der Waals surface area contributed by atoms with Crippen molar-refractivity contribution < 1.29 is 0 Å². The van der Waals surface area contributed by atoms with Gasteiger partial charge in [0, 0.05) is 18.8 Å². The van der Waals surface area contributed by atoms with E-state index >= 15 is 0 Å². The number of nitrogens with zero attached hydrogens (tertiary/aromatic N) is 1. The van der Waals surface area contributed by atoms with E-state index in [-0.39, 0.29) is 0 Å². The average Bonchev–Trinajstić information content (AvgIpc) is 2.11. The Morgan fingerprint density at radius 1 is 1.50 bits per heavy atom. The summed E-state index contributed by atoms with van der Waals surface area (Å²) in [5, 5.41) is 3.53. The molecule has 0 amide bonds. The third-order valence-corrected chi connectivity index (χ3v) is 2.92. The van der Waals surface area contributed by atoms with Gasteiger partial charge in [-0.05, 0) is 43.4 Å². The van der Waals surface area contributed by atoms with Gasteiger partial charge in [0.2, 0.25) is 0 Å². The highest BCUT2D eigenvalue weighted by atomic mass is 14.9. The second-order valence-electron chi connectivity index (χ2n) is 4.48. The van der Waals surface area contributed by atoms with Gasteiger partial charge in [0.25, 0.3) is 0 Å². The highest BCUT2D eigenvalue weighted by molar-refractivity contribution is 5.14. The van der Waals surface area contributed by atoms with E-state index in [0.717, 1.165) is 24.2 Å². The Balaban J connectivity index is 1.80. The molecule has 0 radical (unpaired) electrons. The SMILES string of the molecule is Cc1ccnc(CNC2CC(C)C2)c1. The zero-order valence-electron chi connectivity index (χ0n) is 8.96. The van der Waals surface area contributed by atoms with Crippen molar-refractivity contribution in [2.24, 2.45) is 5.92 Å². The molecular weight excluding hydrogens is 172 g/mol. The Morgan fingerprint density at radius 3 is 2.93 bits per heavy atom. The molecule has 2 nitrogen and oxygen atoms in total. The zero-order valence-corrected chi connectivity index (χ0v) is 8.96. The molecule has 0 aromatic carbocycles. The standard InChI is InChI=1S/C12H18N2/c1-9-3-4-13-12(5-9)8-14-11-6-10(2)7-11/h3-5,10-11,14H,6-8H2,1-2H3. The predicted molar refractivity (Wildman–Crippen MR) is 58.0 cm³/mol. The van der Waals surface area contributed by atoms with Crippen LogP contribution in [0.4, 0.5) is 0 Å². The second-order valence-corrected chi connectivity index (χ2v) is 4.48. The highest BCUT2D eigenvalue weighted by Gasteiger charge is 2.24. The van der Waals surface area contributed by atoms with Crippen molar-refractivity contribution in [1.82, 2.24) is 10.3 Å². The number of aryl methyl sites for hydroxylation is 1. The molecule has 76 valence electrons. The van der Waals surface area contributed by atoms with Gasteiger partial charge in [-0.15, -0.1) is 0 Å². The molecule has 1 N–H and O–H groups in total. The third-order valence-electron chi connectivity index (χ3n) is 2.92. The number of rotatable bonds is 3. The van der Waals surface area contributed by atoms with E-state index in [0.29, 0.717) is 0 Å². The van der Waals surface area contributed by atoms with E-state index in [1.165, 1.54) is 18.4 Å². The largest absolute Gasteiger partial charge is 0.308 e. The summed E-state index contributed by atoms with van der Waals surface area (Å²) in [5.74, 6) is 0.915. The lowest BCUT2D eigenvalue weighted by Gasteiger charge is -2.33. The van der Waals surface area contributed by atoms with Crippen LogP contribution in [0.15, 0.2) is 18.3 Å². The monoisotopic (exact) mass is 190 g/mol. The molecule has 1 aliphatic rings. The van der Waals surface area contributed by atoms with Crippen LogP contribution in [-0.4, -0.2) is 11.0 Å². The molecule has 1 saturated carbocycles. The first-order chi connectivity index (χ1) is 6.74. The normalized spacial score (nSPS) is 25.9. The second kappa shape index (κ2) is 4.09. The molecule has 1 fully saturated rings. The summed E-state index contributed by atoms with van der Waals surface area (Å²) in [6, 6.07) is 4.91. The molecule has 14 heavy (non-hydrogen) atoms. The molecular formula is C12H18N2. The summed E-state index contributed by atoms with van der Waals surface area (Å²) < 4.78 is 0. The lowest BCUT2D eigenvalue weighted by molar-refractivity contribution is 0.239. The molecule has 0 spiro atoms. The van der Waals surface area contributed by atoms with Crippen molar-refractivity contribution in [3.63, 3.8) is 0 Å². The molecule has 0 bridgehead atoms. The van der Waals surface area contributed by atoms with Gasteiger partial charge in [-0.3, -0.25) is 4.98 Å². The number of hydrogen-bond donors (Lipinski definition) is 1. The van der Waals surface area contributed by atoms with Gasteiger partial charge < -0.3 is 5.32 Å². The maximum Gasteiger partial charge on any atom is 0.0544 e. The first kappa shape index (κ1) is 9.66. The van der Waals surface area contributed by atoms with E-state index in [2.05, 4.69) is 30.2 Å². The van der Waals surface area contributed by atoms with Crippen molar-refractivity contribution in [2.75, 3.05) is 0 Å². The topological polar surface area (TPSA) is 24.9 Å². The molecule has 1 aromatic rings. The molecule has 1 aliphatic carbocycles. The molecule has 1 aromatic heterocycles. The van der Waals surface area contributed by atoms with E-state index in [1.807, 2.05) is 12.3 Å². The lowest BCUT2D eigenvalue weighted by Crippen LogP contribution is -2.39. The summed E-state index contributed by atoms with van der Waals surface area (Å²) in [7, 11) is 0. The smallest absolute Gasteiger partial charge is 0.0544 e. The molecule has 0 aliphatic heterocycles. The quantitative estimate of drug-likeness (QED) is 0.791. The fourth-order valence-electron chi connectivity index (χ4n) is 2.01. The Hall–Kier alpha value is -0.890. The van der Waals surface area contributed by atoms with E-state index in [9.17, 15) is 0 Å². The highest BCUT2D eigenvalue weighted by Crippen LogP contribution is 2.26. The van der Waals surface area contributed by atoms with Gasteiger partial charge in [0.15, 0.2) is 0 Å². The van der Waals surface area contributed by atoms with Gasteiger partial charge in [-0.25, -0.2) is 0 Å².